The van der Waals surface area contributed by atoms with Gasteiger partial charge in [-0.05, 0) is 11.8 Å². The number of thiazole rings is 1. The highest BCUT2D eigenvalue weighted by Crippen LogP contribution is 2.59. The lowest BCUT2D eigenvalue weighted by molar-refractivity contribution is -0.136. The molecule has 1 aliphatic rings. The zero-order chi connectivity index (χ0) is 14.3. The van der Waals surface area contributed by atoms with Crippen molar-refractivity contribution in [3.63, 3.8) is 0 Å². The Labute approximate surface area is 122 Å². The van der Waals surface area contributed by atoms with Gasteiger partial charge in [-0.3, -0.25) is 4.79 Å². The van der Waals surface area contributed by atoms with Crippen LogP contribution in [0.4, 0.5) is 0 Å². The monoisotopic (exact) mass is 287 g/mol. The van der Waals surface area contributed by atoms with Crippen LogP contribution in [0, 0.1) is 5.41 Å². The number of aliphatic carboxylic acids is 1. The molecule has 0 amide bonds. The molecule has 1 heterocycles. The van der Waals surface area contributed by atoms with Gasteiger partial charge in [-0.25, -0.2) is 4.98 Å². The SMILES string of the molecule is CC1(C)CC1c1nc(-c2ccccc2)c(CC(=O)O)s1. The Bertz CT molecular complexity index is 646. The second kappa shape index (κ2) is 4.70. The summed E-state index contributed by atoms with van der Waals surface area (Å²) in [5, 5.41) is 10.2. The molecule has 3 rings (SSSR count). The van der Waals surface area contributed by atoms with E-state index in [4.69, 9.17) is 10.1 Å². The molecule has 0 aliphatic heterocycles. The molecule has 3 nitrogen and oxygen atoms in total. The van der Waals surface area contributed by atoms with Gasteiger partial charge in [0.1, 0.15) is 0 Å². The van der Waals surface area contributed by atoms with E-state index in [1.807, 2.05) is 30.3 Å². The van der Waals surface area contributed by atoms with Crippen LogP contribution in [0.15, 0.2) is 30.3 Å². The molecule has 104 valence electrons. The van der Waals surface area contributed by atoms with Crippen LogP contribution in [0.2, 0.25) is 0 Å². The van der Waals surface area contributed by atoms with Crippen LogP contribution in [-0.2, 0) is 11.2 Å². The lowest BCUT2D eigenvalue weighted by Crippen LogP contribution is -1.99. The highest BCUT2D eigenvalue weighted by molar-refractivity contribution is 7.12. The van der Waals surface area contributed by atoms with Crippen LogP contribution in [0.5, 0.6) is 0 Å². The second-order valence-corrected chi connectivity index (χ2v) is 7.12. The normalized spacial score (nSPS) is 19.8. The molecule has 0 radical (unpaired) electrons. The summed E-state index contributed by atoms with van der Waals surface area (Å²) >= 11 is 1.56. The molecule has 1 aromatic heterocycles. The van der Waals surface area contributed by atoms with E-state index in [0.29, 0.717) is 11.3 Å². The minimum Gasteiger partial charge on any atom is -0.481 e. The highest BCUT2D eigenvalue weighted by atomic mass is 32.1. The Morgan fingerprint density at radius 1 is 1.40 bits per heavy atom. The Morgan fingerprint density at radius 2 is 2.05 bits per heavy atom. The van der Waals surface area contributed by atoms with Crippen LogP contribution in [-0.4, -0.2) is 16.1 Å². The average Bonchev–Trinajstić information content (AvgIpc) is 2.84. The highest BCUT2D eigenvalue weighted by Gasteiger charge is 2.48. The average molecular weight is 287 g/mol. The fraction of sp³-hybridized carbons (Fsp3) is 0.375. The van der Waals surface area contributed by atoms with Gasteiger partial charge in [0.05, 0.1) is 17.1 Å². The molecule has 2 aromatic rings. The van der Waals surface area contributed by atoms with Crippen molar-refractivity contribution in [3.8, 4) is 11.3 Å². The molecule has 1 atom stereocenters. The smallest absolute Gasteiger partial charge is 0.308 e. The van der Waals surface area contributed by atoms with Crippen molar-refractivity contribution in [1.82, 2.24) is 4.98 Å². The molecule has 0 spiro atoms. The molecule has 0 saturated heterocycles. The Balaban J connectivity index is 2.01. The first-order valence-electron chi connectivity index (χ1n) is 6.74. The minimum atomic E-state index is -0.799. The van der Waals surface area contributed by atoms with E-state index in [2.05, 4.69) is 13.8 Å². The number of nitrogens with zero attached hydrogens (tertiary/aromatic N) is 1. The number of carbonyl (C=O) groups is 1. The molecule has 0 bridgehead atoms. The van der Waals surface area contributed by atoms with Gasteiger partial charge in [0.2, 0.25) is 0 Å². The lowest BCUT2D eigenvalue weighted by Gasteiger charge is -1.99. The molecule has 1 aromatic carbocycles. The standard InChI is InChI=1S/C16H17NO2S/c1-16(2)9-11(16)15-17-14(10-6-4-3-5-7-10)12(20-15)8-13(18)19/h3-7,11H,8-9H2,1-2H3,(H,18,19). The van der Waals surface area contributed by atoms with Crippen molar-refractivity contribution in [1.29, 1.82) is 0 Å². The van der Waals surface area contributed by atoms with Gasteiger partial charge in [-0.2, -0.15) is 0 Å². The van der Waals surface area contributed by atoms with Crippen molar-refractivity contribution in [2.45, 2.75) is 32.6 Å². The Kier molecular flexibility index (Phi) is 3.13. The third kappa shape index (κ3) is 2.48. The van der Waals surface area contributed by atoms with Crippen molar-refractivity contribution in [2.24, 2.45) is 5.41 Å². The number of hydrogen-bond donors (Lipinski definition) is 1. The van der Waals surface area contributed by atoms with E-state index >= 15 is 0 Å². The van der Waals surface area contributed by atoms with Gasteiger partial charge < -0.3 is 5.11 Å². The molecular formula is C16H17NO2S. The summed E-state index contributed by atoms with van der Waals surface area (Å²) in [6, 6.07) is 9.85. The number of carboxylic acid groups (broad SMARTS) is 1. The third-order valence-corrected chi connectivity index (χ3v) is 5.05. The van der Waals surface area contributed by atoms with Crippen LogP contribution in [0.1, 0.15) is 36.1 Å². The molecule has 1 N–H and O–H groups in total. The van der Waals surface area contributed by atoms with Gasteiger partial charge in [-0.1, -0.05) is 44.2 Å². The Hall–Kier alpha value is -1.68. The molecule has 1 aliphatic carbocycles. The van der Waals surface area contributed by atoms with Crippen LogP contribution >= 0.6 is 11.3 Å². The number of carboxylic acids is 1. The maximum atomic E-state index is 11.1. The van der Waals surface area contributed by atoms with Crippen molar-refractivity contribution < 1.29 is 9.90 Å². The topological polar surface area (TPSA) is 50.2 Å². The molecular weight excluding hydrogens is 270 g/mol. The minimum absolute atomic E-state index is 0.0506. The van der Waals surface area contributed by atoms with E-state index in [9.17, 15) is 4.79 Å². The van der Waals surface area contributed by atoms with Crippen molar-refractivity contribution >= 4 is 17.3 Å². The summed E-state index contributed by atoms with van der Waals surface area (Å²) in [5.41, 5.74) is 2.16. The summed E-state index contributed by atoms with van der Waals surface area (Å²) in [5.74, 6) is -0.315. The molecule has 4 heteroatoms. The van der Waals surface area contributed by atoms with E-state index < -0.39 is 5.97 Å². The quantitative estimate of drug-likeness (QED) is 0.926. The second-order valence-electron chi connectivity index (χ2n) is 6.01. The van der Waals surface area contributed by atoms with Gasteiger partial charge in [0.15, 0.2) is 0 Å². The van der Waals surface area contributed by atoms with E-state index in [0.717, 1.165) is 27.6 Å². The number of rotatable bonds is 4. The van der Waals surface area contributed by atoms with Gasteiger partial charge >= 0.3 is 5.97 Å². The first kappa shape index (κ1) is 13.3. The number of benzene rings is 1. The molecule has 1 saturated carbocycles. The zero-order valence-electron chi connectivity index (χ0n) is 11.6. The third-order valence-electron chi connectivity index (χ3n) is 3.88. The van der Waals surface area contributed by atoms with Crippen molar-refractivity contribution in [2.75, 3.05) is 0 Å². The van der Waals surface area contributed by atoms with Gasteiger partial charge in [-0.15, -0.1) is 11.3 Å². The molecule has 1 unspecified atom stereocenters. The van der Waals surface area contributed by atoms with Crippen LogP contribution in [0.25, 0.3) is 11.3 Å². The fourth-order valence-corrected chi connectivity index (χ4v) is 3.88. The largest absolute Gasteiger partial charge is 0.481 e. The number of aromatic nitrogens is 1. The van der Waals surface area contributed by atoms with Crippen LogP contribution in [0.3, 0.4) is 0 Å². The van der Waals surface area contributed by atoms with E-state index in [-0.39, 0.29) is 6.42 Å². The van der Waals surface area contributed by atoms with Gasteiger partial charge in [0, 0.05) is 16.4 Å². The summed E-state index contributed by atoms with van der Waals surface area (Å²) in [6.07, 6.45) is 1.19. The predicted octanol–water partition coefficient (Wildman–Crippen LogP) is 3.95. The van der Waals surface area contributed by atoms with Gasteiger partial charge in [0.25, 0.3) is 0 Å². The maximum Gasteiger partial charge on any atom is 0.308 e. The molecule has 20 heavy (non-hydrogen) atoms. The predicted molar refractivity (Wildman–Crippen MR) is 80.0 cm³/mol. The fourth-order valence-electron chi connectivity index (χ4n) is 2.49. The number of hydrogen-bond acceptors (Lipinski definition) is 3. The first-order chi connectivity index (χ1) is 9.47. The zero-order valence-corrected chi connectivity index (χ0v) is 12.4. The first-order valence-corrected chi connectivity index (χ1v) is 7.56. The summed E-state index contributed by atoms with van der Waals surface area (Å²) < 4.78 is 0. The summed E-state index contributed by atoms with van der Waals surface area (Å²) in [7, 11) is 0. The summed E-state index contributed by atoms with van der Waals surface area (Å²) in [4.78, 5) is 16.7. The van der Waals surface area contributed by atoms with Crippen LogP contribution < -0.4 is 0 Å². The van der Waals surface area contributed by atoms with E-state index in [1.54, 1.807) is 11.3 Å². The Morgan fingerprint density at radius 3 is 2.60 bits per heavy atom. The van der Waals surface area contributed by atoms with E-state index in [1.165, 1.54) is 0 Å². The maximum absolute atomic E-state index is 11.1. The van der Waals surface area contributed by atoms with Crippen molar-refractivity contribution in [3.05, 3.63) is 40.2 Å². The lowest BCUT2D eigenvalue weighted by atomic mass is 10.1. The summed E-state index contributed by atoms with van der Waals surface area (Å²) in [6.45, 7) is 4.47. The molecule has 1 fully saturated rings.